The highest BCUT2D eigenvalue weighted by Gasteiger charge is 2.17. The van der Waals surface area contributed by atoms with Gasteiger partial charge in [0.05, 0.1) is 6.61 Å². The smallest absolute Gasteiger partial charge is 0.379 e. The number of benzene rings is 4. The van der Waals surface area contributed by atoms with Gasteiger partial charge in [-0.15, -0.1) is 0 Å². The van der Waals surface area contributed by atoms with Crippen LogP contribution in [0, 0.1) is 0 Å². The first-order chi connectivity index (χ1) is 15.5. The van der Waals surface area contributed by atoms with Crippen LogP contribution in [0.5, 0.6) is 0 Å². The highest BCUT2D eigenvalue weighted by Crippen LogP contribution is 2.28. The lowest BCUT2D eigenvalue weighted by atomic mass is 10.00. The summed E-state index contributed by atoms with van der Waals surface area (Å²) in [6, 6.07) is 27.9. The van der Waals surface area contributed by atoms with Gasteiger partial charge in [0.25, 0.3) is 5.78 Å². The average Bonchev–Trinajstić information content (AvgIpc) is 2.84. The Labute approximate surface area is 190 Å². The molecule has 0 N–H and O–H groups in total. The second kappa shape index (κ2) is 9.62. The molecule has 0 aliphatic rings. The molecule has 0 saturated heterocycles. The molecule has 0 fully saturated rings. The lowest BCUT2D eigenvalue weighted by Crippen LogP contribution is -2.17. The highest BCUT2D eigenvalue weighted by molar-refractivity contribution is 7.99. The Morgan fingerprint density at radius 2 is 1.25 bits per heavy atom. The molecular formula is C27H20O4S. The molecule has 0 aromatic heterocycles. The second-order valence-electron chi connectivity index (χ2n) is 7.09. The fourth-order valence-electron chi connectivity index (χ4n) is 3.30. The molecule has 5 heteroatoms. The topological polar surface area (TPSA) is 60.4 Å². The van der Waals surface area contributed by atoms with Gasteiger partial charge in [-0.05, 0) is 72.3 Å². The van der Waals surface area contributed by atoms with Crippen molar-refractivity contribution < 1.29 is 19.1 Å². The lowest BCUT2D eigenvalue weighted by molar-refractivity contribution is -0.137. The number of fused-ring (bicyclic) bond motifs is 1. The summed E-state index contributed by atoms with van der Waals surface area (Å²) in [5.41, 5.74) is 1.58. The van der Waals surface area contributed by atoms with Gasteiger partial charge in [-0.3, -0.25) is 9.59 Å². The third-order valence-electron chi connectivity index (χ3n) is 4.94. The summed E-state index contributed by atoms with van der Waals surface area (Å²) in [7, 11) is 0. The van der Waals surface area contributed by atoms with Crippen LogP contribution in [0.25, 0.3) is 10.8 Å². The Morgan fingerprint density at radius 3 is 1.88 bits per heavy atom. The predicted molar refractivity (Wildman–Crippen MR) is 125 cm³/mol. The largest absolute Gasteiger partial charge is 0.460 e. The molecule has 0 atom stereocenters. The van der Waals surface area contributed by atoms with Crippen LogP contribution in [0.3, 0.4) is 0 Å². The number of hydrogen-bond donors (Lipinski definition) is 0. The standard InChI is InChI=1S/C27H20O4S/c1-2-31-27(30)26(29)20-11-15-24(16-12-20)32-23-13-9-19(10-14-23)25(28)22-8-7-18-5-3-4-6-21(18)17-22/h3-17H,2H2,1H3. The molecule has 0 bridgehead atoms. The number of Topliss-reactive ketones (excluding diaryl/α,β-unsaturated/α-hetero) is 1. The third kappa shape index (κ3) is 4.79. The minimum atomic E-state index is -0.848. The Morgan fingerprint density at radius 1 is 0.688 bits per heavy atom. The Balaban J connectivity index is 1.44. The maximum Gasteiger partial charge on any atom is 0.379 e. The predicted octanol–water partition coefficient (Wildman–Crippen LogP) is 5.97. The van der Waals surface area contributed by atoms with E-state index in [-0.39, 0.29) is 12.4 Å². The lowest BCUT2D eigenvalue weighted by Gasteiger charge is -2.06. The van der Waals surface area contributed by atoms with Gasteiger partial charge in [0, 0.05) is 26.5 Å². The molecule has 0 radical (unpaired) electrons. The number of ether oxygens (including phenoxy) is 1. The molecule has 0 aliphatic carbocycles. The molecule has 0 heterocycles. The van der Waals surface area contributed by atoms with Crippen molar-refractivity contribution in [3.63, 3.8) is 0 Å². The minimum absolute atomic E-state index is 0.0193. The maximum atomic E-state index is 12.9. The van der Waals surface area contributed by atoms with Crippen LogP contribution in [0.4, 0.5) is 0 Å². The average molecular weight is 441 g/mol. The molecule has 4 aromatic rings. The zero-order valence-corrected chi connectivity index (χ0v) is 18.2. The maximum absolute atomic E-state index is 12.9. The first-order valence-corrected chi connectivity index (χ1v) is 11.0. The normalized spacial score (nSPS) is 10.7. The highest BCUT2D eigenvalue weighted by atomic mass is 32.2. The Kier molecular flexibility index (Phi) is 6.47. The summed E-state index contributed by atoms with van der Waals surface area (Å²) < 4.78 is 4.75. The van der Waals surface area contributed by atoms with Crippen molar-refractivity contribution in [2.24, 2.45) is 0 Å². The van der Waals surface area contributed by atoms with Crippen molar-refractivity contribution in [2.75, 3.05) is 6.61 Å². The molecule has 0 amide bonds. The van der Waals surface area contributed by atoms with Crippen molar-refractivity contribution in [3.8, 4) is 0 Å². The Hall–Kier alpha value is -3.70. The molecular weight excluding hydrogens is 420 g/mol. The van der Waals surface area contributed by atoms with E-state index >= 15 is 0 Å². The van der Waals surface area contributed by atoms with E-state index in [1.54, 1.807) is 31.2 Å². The van der Waals surface area contributed by atoms with E-state index in [0.29, 0.717) is 16.7 Å². The Bertz CT molecular complexity index is 1290. The van der Waals surface area contributed by atoms with Gasteiger partial charge in [0.1, 0.15) is 0 Å². The third-order valence-corrected chi connectivity index (χ3v) is 5.96. The molecule has 0 saturated carbocycles. The molecule has 32 heavy (non-hydrogen) atoms. The second-order valence-corrected chi connectivity index (χ2v) is 8.24. The van der Waals surface area contributed by atoms with Crippen LogP contribution >= 0.6 is 11.8 Å². The van der Waals surface area contributed by atoms with Crippen molar-refractivity contribution in [3.05, 3.63) is 108 Å². The quantitative estimate of drug-likeness (QED) is 0.201. The number of hydrogen-bond acceptors (Lipinski definition) is 5. The van der Waals surface area contributed by atoms with E-state index in [0.717, 1.165) is 20.6 Å². The van der Waals surface area contributed by atoms with Crippen molar-refractivity contribution in [1.82, 2.24) is 0 Å². The van der Waals surface area contributed by atoms with Crippen LogP contribution in [0.15, 0.2) is 101 Å². The number of rotatable bonds is 7. The van der Waals surface area contributed by atoms with E-state index in [4.69, 9.17) is 4.74 Å². The van der Waals surface area contributed by atoms with Crippen LogP contribution in [0.2, 0.25) is 0 Å². The van der Waals surface area contributed by atoms with Gasteiger partial charge >= 0.3 is 5.97 Å². The monoisotopic (exact) mass is 440 g/mol. The van der Waals surface area contributed by atoms with Crippen LogP contribution in [0.1, 0.15) is 33.2 Å². The number of carbonyl (C=O) groups excluding carboxylic acids is 3. The minimum Gasteiger partial charge on any atom is -0.460 e. The van der Waals surface area contributed by atoms with E-state index in [1.807, 2.05) is 66.7 Å². The molecule has 4 aromatic carbocycles. The van der Waals surface area contributed by atoms with Crippen molar-refractivity contribution in [2.45, 2.75) is 16.7 Å². The number of ketones is 2. The van der Waals surface area contributed by atoms with E-state index in [9.17, 15) is 14.4 Å². The van der Waals surface area contributed by atoms with Gasteiger partial charge in [0.15, 0.2) is 5.78 Å². The van der Waals surface area contributed by atoms with Gasteiger partial charge in [-0.1, -0.05) is 48.2 Å². The summed E-state index contributed by atoms with van der Waals surface area (Å²) in [5, 5.41) is 2.14. The number of carbonyl (C=O) groups is 3. The van der Waals surface area contributed by atoms with E-state index in [1.165, 1.54) is 11.8 Å². The fourth-order valence-corrected chi connectivity index (χ4v) is 4.11. The molecule has 158 valence electrons. The summed E-state index contributed by atoms with van der Waals surface area (Å²) in [5.74, 6) is -1.52. The van der Waals surface area contributed by atoms with Crippen molar-refractivity contribution >= 4 is 40.1 Å². The van der Waals surface area contributed by atoms with Crippen LogP contribution in [-0.2, 0) is 9.53 Å². The first kappa shape index (κ1) is 21.5. The first-order valence-electron chi connectivity index (χ1n) is 10.2. The van der Waals surface area contributed by atoms with Gasteiger partial charge in [0.2, 0.25) is 0 Å². The summed E-state index contributed by atoms with van der Waals surface area (Å²) >= 11 is 1.51. The van der Waals surface area contributed by atoms with Gasteiger partial charge in [-0.2, -0.15) is 0 Å². The van der Waals surface area contributed by atoms with Crippen molar-refractivity contribution in [1.29, 1.82) is 0 Å². The van der Waals surface area contributed by atoms with E-state index < -0.39 is 11.8 Å². The van der Waals surface area contributed by atoms with Gasteiger partial charge < -0.3 is 4.74 Å². The van der Waals surface area contributed by atoms with Crippen LogP contribution in [-0.4, -0.2) is 24.1 Å². The van der Waals surface area contributed by atoms with Gasteiger partial charge in [-0.25, -0.2) is 4.79 Å². The summed E-state index contributed by atoms with van der Waals surface area (Å²) in [4.78, 5) is 38.3. The summed E-state index contributed by atoms with van der Waals surface area (Å²) in [6.07, 6.45) is 0. The fraction of sp³-hybridized carbons (Fsp3) is 0.0741. The zero-order chi connectivity index (χ0) is 22.5. The SMILES string of the molecule is CCOC(=O)C(=O)c1ccc(Sc2ccc(C(=O)c3ccc4ccccc4c3)cc2)cc1. The molecule has 4 nitrogen and oxygen atoms in total. The summed E-state index contributed by atoms with van der Waals surface area (Å²) in [6.45, 7) is 1.82. The molecule has 0 aliphatic heterocycles. The molecule has 0 unspecified atom stereocenters. The molecule has 0 spiro atoms. The van der Waals surface area contributed by atoms with E-state index in [2.05, 4.69) is 0 Å². The number of esters is 1. The zero-order valence-electron chi connectivity index (χ0n) is 17.4. The van der Waals surface area contributed by atoms with Crippen LogP contribution < -0.4 is 0 Å². The molecule has 4 rings (SSSR count).